The minimum Gasteiger partial charge on any atom is -0.507 e. The van der Waals surface area contributed by atoms with Gasteiger partial charge < -0.3 is 62.1 Å². The maximum Gasteiger partial charge on any atom is 0.250 e. The Labute approximate surface area is 417 Å². The number of hydrogen-bond donors (Lipinski definition) is 10. The van der Waals surface area contributed by atoms with E-state index >= 15 is 0 Å². The van der Waals surface area contributed by atoms with Gasteiger partial charge in [-0.3, -0.25) is 38.4 Å². The number of fused-ring (bicyclic) bond motifs is 5. The molecule has 0 saturated heterocycles. The van der Waals surface area contributed by atoms with E-state index in [4.69, 9.17) is 0 Å². The molecule has 0 fully saturated rings. The van der Waals surface area contributed by atoms with Crippen LogP contribution in [0.3, 0.4) is 0 Å². The third-order valence-corrected chi connectivity index (χ3v) is 12.8. The van der Waals surface area contributed by atoms with Gasteiger partial charge in [0.15, 0.2) is 0 Å². The number of aliphatic hydroxyl groups is 2. The highest BCUT2D eigenvalue weighted by atomic mass is 16.3. The highest BCUT2D eigenvalue weighted by Gasteiger charge is 2.36. The lowest BCUT2D eigenvalue weighted by Gasteiger charge is -2.32. The molecule has 394 valence electrons. The molecule has 3 rings (SSSR count). The van der Waals surface area contributed by atoms with E-state index in [0.717, 1.165) is 35.5 Å². The van der Waals surface area contributed by atoms with E-state index in [1.807, 2.05) is 0 Å². The van der Waals surface area contributed by atoms with Crippen LogP contribution in [0.25, 0.3) is 11.1 Å². The van der Waals surface area contributed by atoms with E-state index in [1.165, 1.54) is 130 Å². The van der Waals surface area contributed by atoms with E-state index in [2.05, 4.69) is 38.8 Å². The zero-order valence-electron chi connectivity index (χ0n) is 42.5. The highest BCUT2D eigenvalue weighted by Crippen LogP contribution is 2.39. The number of nitrogens with one attached hydrogen (secondary N) is 6. The van der Waals surface area contributed by atoms with Crippen LogP contribution in [0.2, 0.25) is 0 Å². The van der Waals surface area contributed by atoms with Gasteiger partial charge in [0.1, 0.15) is 53.9 Å². The van der Waals surface area contributed by atoms with Gasteiger partial charge in [0.05, 0.1) is 13.2 Å². The molecule has 1 aliphatic rings. The minimum atomic E-state index is -1.60. The van der Waals surface area contributed by atoms with Crippen LogP contribution in [-0.2, 0) is 44.8 Å². The molecule has 1 unspecified atom stereocenters. The zero-order chi connectivity index (χ0) is 52.8. The molecule has 8 amide bonds. The first-order valence-corrected chi connectivity index (χ1v) is 24.9. The monoisotopic (exact) mass is 995 g/mol. The minimum absolute atomic E-state index is 0.0448. The summed E-state index contributed by atoms with van der Waals surface area (Å²) in [5.41, 5.74) is 0.666. The maximum atomic E-state index is 14.2. The Morgan fingerprint density at radius 1 is 0.732 bits per heavy atom. The van der Waals surface area contributed by atoms with Crippen molar-refractivity contribution >= 4 is 47.3 Å². The summed E-state index contributed by atoms with van der Waals surface area (Å²) in [4.78, 5) is 109. The molecule has 20 nitrogen and oxygen atoms in total. The number of carbonyl (C=O) groups excluding carboxylic acids is 8. The number of amides is 8. The second-order valence-electron chi connectivity index (χ2n) is 18.5. The number of benzene rings is 2. The molecular formula is C51H78N8O12. The van der Waals surface area contributed by atoms with E-state index in [1.54, 1.807) is 0 Å². The van der Waals surface area contributed by atoms with Crippen molar-refractivity contribution in [3.05, 3.63) is 47.5 Å². The number of rotatable bonds is 26. The summed E-state index contributed by atoms with van der Waals surface area (Å²) in [7, 11) is 4.00. The Morgan fingerprint density at radius 2 is 1.28 bits per heavy atom. The van der Waals surface area contributed by atoms with Crippen LogP contribution in [0.1, 0.15) is 135 Å². The van der Waals surface area contributed by atoms with Gasteiger partial charge >= 0.3 is 0 Å². The van der Waals surface area contributed by atoms with Crippen LogP contribution in [0.4, 0.5) is 0 Å². The topological polar surface area (TPSA) is 296 Å². The average Bonchev–Trinajstić information content (AvgIpc) is 3.34. The number of aromatic hydroxyl groups is 2. The SMILES string of the molecule is CCCCCCCCCCCCCCCC(=O)N(C)[C@H](CO)C(=O)N[C@H](C)C(=O)N[C@@H](C)C(=O)N(C)[C@@H]1C(=O)N[C@@H](C)C(=O)N[C@H](C(=O)NCC(O)C(=O)NC)Cc2ccc(O)c(c2)-c2cc1ccc2O. The highest BCUT2D eigenvalue weighted by molar-refractivity contribution is 5.97. The molecule has 1 heterocycles. The second kappa shape index (κ2) is 29.8. The average molecular weight is 995 g/mol. The molecule has 4 bridgehead atoms. The molecule has 0 aliphatic carbocycles. The molecule has 1 aliphatic heterocycles. The van der Waals surface area contributed by atoms with Crippen molar-refractivity contribution in [1.29, 1.82) is 0 Å². The Morgan fingerprint density at radius 3 is 1.86 bits per heavy atom. The number of unbranched alkanes of at least 4 members (excludes halogenated alkanes) is 12. The number of likely N-dealkylation sites (N-methyl/N-ethyl adjacent to an activating group) is 3. The molecule has 0 aromatic heterocycles. The van der Waals surface area contributed by atoms with Crippen LogP contribution >= 0.6 is 0 Å². The fraction of sp³-hybridized carbons (Fsp3) is 0.608. The smallest absolute Gasteiger partial charge is 0.250 e. The van der Waals surface area contributed by atoms with Crippen LogP contribution in [0.5, 0.6) is 11.5 Å². The van der Waals surface area contributed by atoms with Gasteiger partial charge in [0.25, 0.3) is 0 Å². The van der Waals surface area contributed by atoms with E-state index < -0.39 is 96.9 Å². The molecular weight excluding hydrogens is 917 g/mol. The number of phenols is 2. The van der Waals surface area contributed by atoms with Crippen molar-refractivity contribution in [1.82, 2.24) is 41.7 Å². The summed E-state index contributed by atoms with van der Waals surface area (Å²) in [6.45, 7) is 5.09. The number of carbonyl (C=O) groups is 8. The lowest BCUT2D eigenvalue weighted by atomic mass is 9.93. The van der Waals surface area contributed by atoms with Gasteiger partial charge in [-0.1, -0.05) is 96.1 Å². The summed E-state index contributed by atoms with van der Waals surface area (Å²) < 4.78 is 0. The van der Waals surface area contributed by atoms with Gasteiger partial charge in [0.2, 0.25) is 47.3 Å². The van der Waals surface area contributed by atoms with Crippen molar-refractivity contribution in [3.8, 4) is 22.6 Å². The quantitative estimate of drug-likeness (QED) is 0.0608. The lowest BCUT2D eigenvalue weighted by Crippen LogP contribution is -2.57. The van der Waals surface area contributed by atoms with Gasteiger partial charge in [0, 0.05) is 45.1 Å². The zero-order valence-corrected chi connectivity index (χ0v) is 42.5. The number of hydrogen-bond acceptors (Lipinski definition) is 12. The fourth-order valence-corrected chi connectivity index (χ4v) is 8.33. The van der Waals surface area contributed by atoms with Crippen molar-refractivity contribution in [2.24, 2.45) is 0 Å². The standard InChI is InChI=1S/C51H78N8O12/c1-8-9-10-11-12-13-14-15-16-17-18-19-20-21-43(64)58(6)39(30-60)48(68)54-31(2)45(65)56-33(4)51(71)59(7)44-35-23-25-41(62)37(28-35)36-26-34(22-24-40(36)61)27-38(57-46(66)32(3)55-50(44)70)47(67)53-29-42(63)49(69)52-5/h22-26,28,31-33,38-39,42,44,60-63H,8-21,27,29-30H2,1-7H3,(H,52,69)(H,53,67)(H,54,68)(H,55,70)(H,56,65)(H,57,66)/t31-,32+,33+,38+,39-,42?,44+/m1/s1. The summed E-state index contributed by atoms with van der Waals surface area (Å²) in [5.74, 6) is -6.54. The third-order valence-electron chi connectivity index (χ3n) is 12.8. The van der Waals surface area contributed by atoms with Crippen molar-refractivity contribution in [3.63, 3.8) is 0 Å². The van der Waals surface area contributed by atoms with Crippen LogP contribution in [-0.4, -0.2) is 148 Å². The Bertz CT molecular complexity index is 2140. The molecule has 0 radical (unpaired) electrons. The lowest BCUT2D eigenvalue weighted by molar-refractivity contribution is -0.143. The van der Waals surface area contributed by atoms with Crippen molar-refractivity contribution < 1.29 is 58.8 Å². The Hall–Kier alpha value is -6.28. The van der Waals surface area contributed by atoms with Crippen LogP contribution < -0.4 is 31.9 Å². The predicted octanol–water partition coefficient (Wildman–Crippen LogP) is 2.34. The third kappa shape index (κ3) is 18.1. The van der Waals surface area contributed by atoms with Gasteiger partial charge in [-0.05, 0) is 62.6 Å². The normalized spacial score (nSPS) is 17.5. The molecule has 7 atom stereocenters. The first-order chi connectivity index (χ1) is 33.7. The maximum absolute atomic E-state index is 14.2. The van der Waals surface area contributed by atoms with E-state index in [-0.39, 0.29) is 46.9 Å². The summed E-state index contributed by atoms with van der Waals surface area (Å²) in [5, 5.41) is 57.1. The Kier molecular flexibility index (Phi) is 24.8. The molecule has 0 spiro atoms. The molecule has 10 N–H and O–H groups in total. The largest absolute Gasteiger partial charge is 0.507 e. The van der Waals surface area contributed by atoms with E-state index in [9.17, 15) is 58.8 Å². The van der Waals surface area contributed by atoms with Gasteiger partial charge in [-0.25, -0.2) is 0 Å². The molecule has 71 heavy (non-hydrogen) atoms. The Balaban J connectivity index is 1.69. The van der Waals surface area contributed by atoms with Gasteiger partial charge in [-0.2, -0.15) is 0 Å². The fourth-order valence-electron chi connectivity index (χ4n) is 8.33. The van der Waals surface area contributed by atoms with Crippen LogP contribution in [0, 0.1) is 0 Å². The number of aliphatic hydroxyl groups excluding tert-OH is 2. The first kappa shape index (κ1) is 59.0. The molecule has 0 saturated carbocycles. The summed E-state index contributed by atoms with van der Waals surface area (Å²) in [6, 6.07) is 0.284. The van der Waals surface area contributed by atoms with Crippen molar-refractivity contribution in [2.45, 2.75) is 166 Å². The molecule has 2 aromatic carbocycles. The summed E-state index contributed by atoms with van der Waals surface area (Å²) in [6.07, 6.45) is 13.4. The molecule has 20 heteroatoms. The number of phenolic OH excluding ortho intramolecular Hbond substituents is 2. The van der Waals surface area contributed by atoms with Crippen molar-refractivity contribution in [2.75, 3.05) is 34.3 Å². The molecule has 2 aromatic rings. The summed E-state index contributed by atoms with van der Waals surface area (Å²) >= 11 is 0. The van der Waals surface area contributed by atoms with E-state index in [0.29, 0.717) is 12.0 Å². The number of nitrogens with zero attached hydrogens (tertiary/aromatic N) is 2. The van der Waals surface area contributed by atoms with Crippen LogP contribution in [0.15, 0.2) is 36.4 Å². The predicted molar refractivity (Wildman–Crippen MR) is 266 cm³/mol. The van der Waals surface area contributed by atoms with Gasteiger partial charge in [-0.15, -0.1) is 0 Å². The second-order valence-corrected chi connectivity index (χ2v) is 18.5. The first-order valence-electron chi connectivity index (χ1n) is 24.9.